The minimum atomic E-state index is -0.156. The average molecular weight is 388 g/mol. The molecule has 0 aromatic heterocycles. The normalized spacial score (nSPS) is 15.7. The lowest BCUT2D eigenvalue weighted by Crippen LogP contribution is -2.31. The van der Waals surface area contributed by atoms with Crippen LogP contribution in [0, 0.1) is 0 Å². The predicted molar refractivity (Wildman–Crippen MR) is 108 cm³/mol. The van der Waals surface area contributed by atoms with E-state index in [1.807, 2.05) is 12.1 Å². The number of aryl methyl sites for hydroxylation is 1. The fourth-order valence-electron chi connectivity index (χ4n) is 3.46. The molecule has 1 N–H and O–H groups in total. The number of nitrogens with one attached hydrogen (secondary N) is 1. The Bertz CT molecular complexity index is 806. The van der Waals surface area contributed by atoms with Gasteiger partial charge in [0.15, 0.2) is 11.5 Å². The molecule has 0 fully saturated rings. The van der Waals surface area contributed by atoms with Crippen LogP contribution in [-0.4, -0.2) is 19.6 Å². The van der Waals surface area contributed by atoms with Crippen molar-refractivity contribution in [1.29, 1.82) is 0 Å². The zero-order valence-corrected chi connectivity index (χ0v) is 16.6. The number of rotatable bonds is 7. The average Bonchev–Trinajstić information content (AvgIpc) is 2.69. The van der Waals surface area contributed by atoms with E-state index in [2.05, 4.69) is 24.4 Å². The van der Waals surface area contributed by atoms with Crippen LogP contribution in [0.2, 0.25) is 5.02 Å². The molecule has 0 saturated carbocycles. The number of carbonyl (C=O) groups is 1. The van der Waals surface area contributed by atoms with Gasteiger partial charge >= 0.3 is 0 Å². The number of fused-ring (bicyclic) bond motifs is 1. The third-order valence-corrected chi connectivity index (χ3v) is 5.19. The second kappa shape index (κ2) is 9.14. The number of methoxy groups -OCH3 is 1. The van der Waals surface area contributed by atoms with Gasteiger partial charge in [-0.05, 0) is 48.9 Å². The Hall–Kier alpha value is -2.20. The first-order chi connectivity index (χ1) is 13.1. The van der Waals surface area contributed by atoms with Crippen LogP contribution in [0.5, 0.6) is 11.5 Å². The Morgan fingerprint density at radius 1 is 1.30 bits per heavy atom. The van der Waals surface area contributed by atoms with Gasteiger partial charge in [0.25, 0.3) is 5.91 Å². The molecule has 1 aliphatic carbocycles. The number of hydrogen-bond acceptors (Lipinski definition) is 3. The highest BCUT2D eigenvalue weighted by Gasteiger charge is 2.23. The van der Waals surface area contributed by atoms with Crippen LogP contribution in [0.4, 0.5) is 0 Å². The summed E-state index contributed by atoms with van der Waals surface area (Å²) in [5.41, 5.74) is 2.99. The molecule has 144 valence electrons. The minimum absolute atomic E-state index is 0.0210. The largest absolute Gasteiger partial charge is 0.493 e. The minimum Gasteiger partial charge on any atom is -0.493 e. The zero-order valence-electron chi connectivity index (χ0n) is 15.9. The first kappa shape index (κ1) is 19.6. The van der Waals surface area contributed by atoms with Gasteiger partial charge in [-0.15, -0.1) is 0 Å². The number of amides is 1. The number of unbranched alkanes of at least 4 members (excludes halogenated alkanes) is 1. The first-order valence-corrected chi connectivity index (χ1v) is 9.90. The molecule has 2 aromatic carbocycles. The maximum Gasteiger partial charge on any atom is 0.251 e. The van der Waals surface area contributed by atoms with E-state index in [0.717, 1.165) is 32.1 Å². The lowest BCUT2D eigenvalue weighted by molar-refractivity contribution is 0.0932. The molecule has 0 saturated heterocycles. The third kappa shape index (κ3) is 4.56. The number of carbonyl (C=O) groups excluding carboxylic acids is 1. The van der Waals surface area contributed by atoms with Gasteiger partial charge in [0.05, 0.1) is 24.8 Å². The van der Waals surface area contributed by atoms with Crippen molar-refractivity contribution >= 4 is 17.5 Å². The molecule has 0 spiro atoms. The van der Waals surface area contributed by atoms with E-state index in [-0.39, 0.29) is 11.9 Å². The van der Waals surface area contributed by atoms with Gasteiger partial charge in [-0.1, -0.05) is 49.2 Å². The maximum atomic E-state index is 12.8. The maximum absolute atomic E-state index is 12.8. The summed E-state index contributed by atoms with van der Waals surface area (Å²) in [4.78, 5) is 12.8. The molecular formula is C22H26ClNO3. The summed E-state index contributed by atoms with van der Waals surface area (Å²) >= 11 is 6.38. The molecule has 0 bridgehead atoms. The molecule has 1 amide bonds. The molecule has 0 heterocycles. The van der Waals surface area contributed by atoms with Crippen molar-refractivity contribution < 1.29 is 14.3 Å². The second-order valence-electron chi connectivity index (χ2n) is 6.81. The Morgan fingerprint density at radius 2 is 2.11 bits per heavy atom. The Morgan fingerprint density at radius 3 is 2.89 bits per heavy atom. The molecule has 0 radical (unpaired) electrons. The fourth-order valence-corrected chi connectivity index (χ4v) is 3.72. The molecule has 5 heteroatoms. The molecule has 3 rings (SSSR count). The Labute approximate surface area is 165 Å². The molecule has 4 nitrogen and oxygen atoms in total. The van der Waals surface area contributed by atoms with Crippen molar-refractivity contribution in [3.05, 3.63) is 58.1 Å². The quantitative estimate of drug-likeness (QED) is 0.652. The number of benzene rings is 2. The van der Waals surface area contributed by atoms with E-state index in [0.29, 0.717) is 28.7 Å². The molecular weight excluding hydrogens is 362 g/mol. The van der Waals surface area contributed by atoms with Crippen LogP contribution in [0.15, 0.2) is 36.4 Å². The van der Waals surface area contributed by atoms with Crippen LogP contribution in [-0.2, 0) is 6.42 Å². The smallest absolute Gasteiger partial charge is 0.251 e. The highest BCUT2D eigenvalue weighted by Crippen LogP contribution is 2.37. The summed E-state index contributed by atoms with van der Waals surface area (Å²) in [5, 5.41) is 3.54. The molecule has 0 aliphatic heterocycles. The van der Waals surface area contributed by atoms with Crippen LogP contribution >= 0.6 is 11.6 Å². The van der Waals surface area contributed by atoms with Crippen LogP contribution in [0.1, 0.15) is 60.1 Å². The number of halogens is 1. The standard InChI is InChI=1S/C22H26ClNO3/c1-3-4-12-27-21-18(23)13-16(14-20(21)26-2)22(25)24-19-11-7-9-15-8-5-6-10-17(15)19/h5-6,8,10,13-14,19H,3-4,7,9,11-12H2,1-2H3,(H,24,25)/t19-/m1/s1. The van der Waals surface area contributed by atoms with Crippen LogP contribution < -0.4 is 14.8 Å². The van der Waals surface area contributed by atoms with E-state index in [4.69, 9.17) is 21.1 Å². The summed E-state index contributed by atoms with van der Waals surface area (Å²) in [6.45, 7) is 2.66. The van der Waals surface area contributed by atoms with Crippen molar-refractivity contribution in [2.24, 2.45) is 0 Å². The monoisotopic (exact) mass is 387 g/mol. The lowest BCUT2D eigenvalue weighted by Gasteiger charge is -2.26. The highest BCUT2D eigenvalue weighted by molar-refractivity contribution is 6.32. The lowest BCUT2D eigenvalue weighted by atomic mass is 9.87. The predicted octanol–water partition coefficient (Wildman–Crippen LogP) is 5.33. The number of hydrogen-bond donors (Lipinski definition) is 1. The molecule has 2 aromatic rings. The van der Waals surface area contributed by atoms with Crippen LogP contribution in [0.25, 0.3) is 0 Å². The van der Waals surface area contributed by atoms with Gasteiger partial charge in [0.1, 0.15) is 0 Å². The van der Waals surface area contributed by atoms with Gasteiger partial charge in [0, 0.05) is 5.56 Å². The van der Waals surface area contributed by atoms with Gasteiger partial charge < -0.3 is 14.8 Å². The van der Waals surface area contributed by atoms with Crippen molar-refractivity contribution in [3.8, 4) is 11.5 Å². The van der Waals surface area contributed by atoms with Crippen molar-refractivity contribution in [1.82, 2.24) is 5.32 Å². The zero-order chi connectivity index (χ0) is 19.2. The van der Waals surface area contributed by atoms with Crippen molar-refractivity contribution in [3.63, 3.8) is 0 Å². The van der Waals surface area contributed by atoms with E-state index in [1.54, 1.807) is 19.2 Å². The van der Waals surface area contributed by atoms with E-state index >= 15 is 0 Å². The molecule has 0 unspecified atom stereocenters. The molecule has 1 atom stereocenters. The first-order valence-electron chi connectivity index (χ1n) is 9.53. The fraction of sp³-hybridized carbons (Fsp3) is 0.409. The van der Waals surface area contributed by atoms with Crippen molar-refractivity contribution in [2.45, 2.75) is 45.1 Å². The van der Waals surface area contributed by atoms with Gasteiger partial charge in [-0.2, -0.15) is 0 Å². The number of ether oxygens (including phenoxy) is 2. The van der Waals surface area contributed by atoms with E-state index < -0.39 is 0 Å². The Balaban J connectivity index is 1.78. The summed E-state index contributed by atoms with van der Waals surface area (Å²) in [6, 6.07) is 11.7. The van der Waals surface area contributed by atoms with E-state index in [9.17, 15) is 4.79 Å². The van der Waals surface area contributed by atoms with Gasteiger partial charge in [-0.3, -0.25) is 4.79 Å². The molecule has 27 heavy (non-hydrogen) atoms. The summed E-state index contributed by atoms with van der Waals surface area (Å²) in [6.07, 6.45) is 5.03. The van der Waals surface area contributed by atoms with E-state index in [1.165, 1.54) is 11.1 Å². The summed E-state index contributed by atoms with van der Waals surface area (Å²) < 4.78 is 11.1. The van der Waals surface area contributed by atoms with Gasteiger partial charge in [0.2, 0.25) is 0 Å². The van der Waals surface area contributed by atoms with Crippen molar-refractivity contribution in [2.75, 3.05) is 13.7 Å². The highest BCUT2D eigenvalue weighted by atomic mass is 35.5. The summed E-state index contributed by atoms with van der Waals surface area (Å²) in [7, 11) is 1.55. The van der Waals surface area contributed by atoms with Crippen LogP contribution in [0.3, 0.4) is 0 Å². The molecule has 1 aliphatic rings. The Kier molecular flexibility index (Phi) is 6.62. The SMILES string of the molecule is CCCCOc1c(Cl)cc(C(=O)N[C@@H]2CCCc3ccccc32)cc1OC. The summed E-state index contributed by atoms with van der Waals surface area (Å²) in [5.74, 6) is 0.817. The van der Waals surface area contributed by atoms with Gasteiger partial charge in [-0.25, -0.2) is 0 Å². The third-order valence-electron chi connectivity index (χ3n) is 4.91. The second-order valence-corrected chi connectivity index (χ2v) is 7.22. The topological polar surface area (TPSA) is 47.6 Å².